The van der Waals surface area contributed by atoms with Gasteiger partial charge < -0.3 is 19.2 Å². The maximum atomic E-state index is 11.5. The molecule has 1 heterocycles. The first-order chi connectivity index (χ1) is 11.2. The van der Waals surface area contributed by atoms with Crippen LogP contribution in [0.15, 0.2) is 47.1 Å². The number of hydrogen-bond acceptors (Lipinski definition) is 6. The van der Waals surface area contributed by atoms with E-state index in [2.05, 4.69) is 5.32 Å². The van der Waals surface area contributed by atoms with E-state index in [4.69, 9.17) is 13.9 Å². The average molecular weight is 317 g/mol. The Morgan fingerprint density at radius 3 is 2.57 bits per heavy atom. The number of carbonyl (C=O) groups excluding carboxylic acids is 3. The molecule has 0 unspecified atom stereocenters. The van der Waals surface area contributed by atoms with Gasteiger partial charge >= 0.3 is 5.97 Å². The molecule has 1 aromatic carbocycles. The van der Waals surface area contributed by atoms with Gasteiger partial charge in [-0.3, -0.25) is 9.59 Å². The van der Waals surface area contributed by atoms with Crippen LogP contribution >= 0.6 is 0 Å². The molecule has 0 saturated carbocycles. The molecule has 0 fully saturated rings. The summed E-state index contributed by atoms with van der Waals surface area (Å²) in [6.07, 6.45) is 2.21. The third kappa shape index (κ3) is 5.66. The molecule has 1 amide bonds. The lowest BCUT2D eigenvalue weighted by Gasteiger charge is -2.07. The second kappa shape index (κ2) is 8.38. The average Bonchev–Trinajstić information content (AvgIpc) is 3.10. The zero-order valence-electron chi connectivity index (χ0n) is 12.2. The van der Waals surface area contributed by atoms with Crippen molar-refractivity contribution in [2.45, 2.75) is 6.54 Å². The smallest absolute Gasteiger partial charge is 0.344 e. The second-order valence-corrected chi connectivity index (χ2v) is 4.49. The van der Waals surface area contributed by atoms with Crippen LogP contribution in [0, 0.1) is 0 Å². The minimum atomic E-state index is -0.669. The fraction of sp³-hybridized carbons (Fsp3) is 0.188. The fourth-order valence-corrected chi connectivity index (χ4v) is 1.62. The van der Waals surface area contributed by atoms with E-state index in [0.717, 1.165) is 0 Å². The van der Waals surface area contributed by atoms with Crippen LogP contribution in [-0.2, 0) is 20.9 Å². The molecule has 0 atom stereocenters. The van der Waals surface area contributed by atoms with Crippen molar-refractivity contribution in [2.24, 2.45) is 0 Å². The van der Waals surface area contributed by atoms with E-state index < -0.39 is 18.5 Å². The molecule has 0 saturated heterocycles. The Morgan fingerprint density at radius 1 is 1.13 bits per heavy atom. The number of nitrogens with one attached hydrogen (secondary N) is 1. The number of amides is 1. The molecule has 0 aliphatic heterocycles. The summed E-state index contributed by atoms with van der Waals surface area (Å²) in [6.45, 7) is -0.498. The highest BCUT2D eigenvalue weighted by Gasteiger charge is 2.09. The highest BCUT2D eigenvalue weighted by Crippen LogP contribution is 2.10. The minimum Gasteiger partial charge on any atom is -0.482 e. The van der Waals surface area contributed by atoms with Crippen molar-refractivity contribution in [1.82, 2.24) is 5.32 Å². The largest absolute Gasteiger partial charge is 0.482 e. The Hall–Kier alpha value is -3.09. The van der Waals surface area contributed by atoms with Gasteiger partial charge in [-0.15, -0.1) is 0 Å². The zero-order chi connectivity index (χ0) is 16.5. The molecule has 2 aromatic rings. The highest BCUT2D eigenvalue weighted by atomic mass is 16.6. The quantitative estimate of drug-likeness (QED) is 0.583. The Bertz CT molecular complexity index is 648. The number of hydrogen-bond donors (Lipinski definition) is 1. The number of carbonyl (C=O) groups is 3. The van der Waals surface area contributed by atoms with Gasteiger partial charge in [0.1, 0.15) is 17.8 Å². The van der Waals surface area contributed by atoms with Crippen molar-refractivity contribution in [1.29, 1.82) is 0 Å². The molecule has 120 valence electrons. The number of furan rings is 1. The number of rotatable bonds is 8. The van der Waals surface area contributed by atoms with Gasteiger partial charge in [-0.25, -0.2) is 4.79 Å². The van der Waals surface area contributed by atoms with Gasteiger partial charge in [0.2, 0.25) is 0 Å². The van der Waals surface area contributed by atoms with E-state index in [1.54, 1.807) is 36.4 Å². The number of benzene rings is 1. The first-order valence-electron chi connectivity index (χ1n) is 6.80. The van der Waals surface area contributed by atoms with E-state index >= 15 is 0 Å². The zero-order valence-corrected chi connectivity index (χ0v) is 12.2. The van der Waals surface area contributed by atoms with Crippen molar-refractivity contribution in [2.75, 3.05) is 13.2 Å². The Kier molecular flexibility index (Phi) is 5.93. The van der Waals surface area contributed by atoms with E-state index in [9.17, 15) is 14.4 Å². The molecule has 1 N–H and O–H groups in total. The van der Waals surface area contributed by atoms with Crippen LogP contribution in [0.2, 0.25) is 0 Å². The summed E-state index contributed by atoms with van der Waals surface area (Å²) in [5.41, 5.74) is 0.508. The molecule has 23 heavy (non-hydrogen) atoms. The minimum absolute atomic E-state index is 0.225. The second-order valence-electron chi connectivity index (χ2n) is 4.49. The molecular weight excluding hydrogens is 302 g/mol. The van der Waals surface area contributed by atoms with Crippen molar-refractivity contribution >= 4 is 18.2 Å². The standard InChI is InChI=1S/C16H15NO6/c18-9-12-3-5-13(6-4-12)22-11-16(20)23-10-15(19)17-8-14-2-1-7-21-14/h1-7,9H,8,10-11H2,(H,17,19). The molecule has 0 spiro atoms. The van der Waals surface area contributed by atoms with Gasteiger partial charge in [0.05, 0.1) is 12.8 Å². The van der Waals surface area contributed by atoms with Crippen LogP contribution in [-0.4, -0.2) is 31.4 Å². The Morgan fingerprint density at radius 2 is 1.91 bits per heavy atom. The van der Waals surface area contributed by atoms with E-state index in [1.165, 1.54) is 6.26 Å². The van der Waals surface area contributed by atoms with Crippen LogP contribution in [0.4, 0.5) is 0 Å². The summed E-state index contributed by atoms with van der Waals surface area (Å²) in [6, 6.07) is 9.68. The van der Waals surface area contributed by atoms with Crippen molar-refractivity contribution < 1.29 is 28.3 Å². The highest BCUT2D eigenvalue weighted by molar-refractivity contribution is 5.80. The van der Waals surface area contributed by atoms with Crippen LogP contribution in [0.3, 0.4) is 0 Å². The normalized spacial score (nSPS) is 9.91. The summed E-state index contributed by atoms with van der Waals surface area (Å²) in [5, 5.41) is 2.54. The third-order valence-electron chi connectivity index (χ3n) is 2.78. The summed E-state index contributed by atoms with van der Waals surface area (Å²) in [5.74, 6) is -0.0794. The van der Waals surface area contributed by atoms with E-state index in [-0.39, 0.29) is 13.2 Å². The molecule has 7 nitrogen and oxygen atoms in total. The van der Waals surface area contributed by atoms with Crippen LogP contribution in [0.25, 0.3) is 0 Å². The lowest BCUT2D eigenvalue weighted by Crippen LogP contribution is -2.29. The maximum absolute atomic E-state index is 11.5. The molecule has 1 aromatic heterocycles. The monoisotopic (exact) mass is 317 g/mol. The fourth-order valence-electron chi connectivity index (χ4n) is 1.62. The first-order valence-corrected chi connectivity index (χ1v) is 6.80. The lowest BCUT2D eigenvalue weighted by atomic mass is 10.2. The SMILES string of the molecule is O=Cc1ccc(OCC(=O)OCC(=O)NCc2ccco2)cc1. The van der Waals surface area contributed by atoms with Crippen molar-refractivity contribution in [3.05, 3.63) is 54.0 Å². The van der Waals surface area contributed by atoms with Gasteiger partial charge in [0.15, 0.2) is 13.2 Å². The molecule has 0 radical (unpaired) electrons. The van der Waals surface area contributed by atoms with E-state index in [0.29, 0.717) is 23.4 Å². The van der Waals surface area contributed by atoms with Crippen LogP contribution < -0.4 is 10.1 Å². The maximum Gasteiger partial charge on any atom is 0.344 e. The summed E-state index contributed by atoms with van der Waals surface area (Å²) in [7, 11) is 0. The molecule has 0 aliphatic rings. The Labute approximate surface area is 132 Å². The van der Waals surface area contributed by atoms with Gasteiger partial charge in [0.25, 0.3) is 5.91 Å². The molecule has 0 aliphatic carbocycles. The number of aldehydes is 1. The third-order valence-corrected chi connectivity index (χ3v) is 2.78. The first kappa shape index (κ1) is 16.3. The summed E-state index contributed by atoms with van der Waals surface area (Å²) >= 11 is 0. The van der Waals surface area contributed by atoms with Crippen molar-refractivity contribution in [3.63, 3.8) is 0 Å². The number of esters is 1. The number of ether oxygens (including phenoxy) is 2. The lowest BCUT2D eigenvalue weighted by molar-refractivity contribution is -0.150. The Balaban J connectivity index is 1.64. The van der Waals surface area contributed by atoms with Gasteiger partial charge in [-0.05, 0) is 36.4 Å². The van der Waals surface area contributed by atoms with E-state index in [1.807, 2.05) is 0 Å². The van der Waals surface area contributed by atoms with Crippen LogP contribution in [0.1, 0.15) is 16.1 Å². The molecular formula is C16H15NO6. The van der Waals surface area contributed by atoms with Crippen LogP contribution in [0.5, 0.6) is 5.75 Å². The summed E-state index contributed by atoms with van der Waals surface area (Å²) < 4.78 is 15.0. The van der Waals surface area contributed by atoms with Gasteiger partial charge in [-0.2, -0.15) is 0 Å². The summed E-state index contributed by atoms with van der Waals surface area (Å²) in [4.78, 5) is 33.5. The molecule has 2 rings (SSSR count). The van der Waals surface area contributed by atoms with Crippen molar-refractivity contribution in [3.8, 4) is 5.75 Å². The van der Waals surface area contributed by atoms with Gasteiger partial charge in [-0.1, -0.05) is 0 Å². The molecule has 7 heteroatoms. The predicted molar refractivity (Wildman–Crippen MR) is 78.8 cm³/mol. The predicted octanol–water partition coefficient (Wildman–Crippen LogP) is 1.33. The molecule has 0 bridgehead atoms. The topological polar surface area (TPSA) is 94.8 Å². The van der Waals surface area contributed by atoms with Gasteiger partial charge in [0, 0.05) is 5.56 Å².